The molecule has 2 heterocycles. The van der Waals surface area contributed by atoms with Crippen molar-refractivity contribution in [1.82, 2.24) is 4.40 Å². The van der Waals surface area contributed by atoms with Gasteiger partial charge in [0.2, 0.25) is 0 Å². The number of nitrogens with zero attached hydrogens (tertiary/aromatic N) is 1. The normalized spacial score (nSPS) is 15.8. The summed E-state index contributed by atoms with van der Waals surface area (Å²) in [6.45, 7) is 2.21. The van der Waals surface area contributed by atoms with Crippen molar-refractivity contribution in [2.45, 2.75) is 32.6 Å². The lowest BCUT2D eigenvalue weighted by atomic mass is 9.94. The molecule has 2 aromatic rings. The molecule has 3 rings (SSSR count). The van der Waals surface area contributed by atoms with Crippen LogP contribution in [0.1, 0.15) is 29.5 Å². The third-order valence-corrected chi connectivity index (χ3v) is 3.32. The van der Waals surface area contributed by atoms with Crippen molar-refractivity contribution in [2.24, 2.45) is 0 Å². The Labute approximate surface area is 84.4 Å². The van der Waals surface area contributed by atoms with Gasteiger partial charge in [0.05, 0.1) is 5.52 Å². The summed E-state index contributed by atoms with van der Waals surface area (Å²) < 4.78 is 2.30. The number of aryl methyl sites for hydroxylation is 3. The summed E-state index contributed by atoms with van der Waals surface area (Å²) in [5.74, 6) is 0. The molecule has 1 nitrogen and oxygen atoms in total. The van der Waals surface area contributed by atoms with E-state index in [-0.39, 0.29) is 0 Å². The third kappa shape index (κ3) is 1.02. The quantitative estimate of drug-likeness (QED) is 0.594. The van der Waals surface area contributed by atoms with Crippen LogP contribution in [0.5, 0.6) is 0 Å². The van der Waals surface area contributed by atoms with Crippen molar-refractivity contribution in [3.8, 4) is 0 Å². The van der Waals surface area contributed by atoms with Gasteiger partial charge in [-0.25, -0.2) is 0 Å². The van der Waals surface area contributed by atoms with Crippen molar-refractivity contribution in [3.63, 3.8) is 0 Å². The SMILES string of the molecule is Cc1cccn2cc3c(c12)CCCC3. The Balaban J connectivity index is 2.38. The average molecular weight is 185 g/mol. The van der Waals surface area contributed by atoms with Crippen LogP contribution in [0.15, 0.2) is 24.5 Å². The molecule has 0 amide bonds. The molecule has 0 bridgehead atoms. The zero-order chi connectivity index (χ0) is 9.54. The predicted octanol–water partition coefficient (Wildman–Crippen LogP) is 3.13. The Bertz CT molecular complexity index is 479. The molecular weight excluding hydrogens is 170 g/mol. The van der Waals surface area contributed by atoms with E-state index in [4.69, 9.17) is 0 Å². The molecule has 0 radical (unpaired) electrons. The van der Waals surface area contributed by atoms with E-state index < -0.39 is 0 Å². The van der Waals surface area contributed by atoms with Gasteiger partial charge < -0.3 is 4.40 Å². The van der Waals surface area contributed by atoms with E-state index in [2.05, 4.69) is 35.9 Å². The van der Waals surface area contributed by atoms with Crippen LogP contribution in [-0.2, 0) is 12.8 Å². The Morgan fingerprint density at radius 1 is 1.21 bits per heavy atom. The molecule has 0 atom stereocenters. The molecule has 14 heavy (non-hydrogen) atoms. The summed E-state index contributed by atoms with van der Waals surface area (Å²) in [6.07, 6.45) is 9.76. The monoisotopic (exact) mass is 185 g/mol. The molecular formula is C13H15N. The molecule has 0 unspecified atom stereocenters. The molecule has 72 valence electrons. The van der Waals surface area contributed by atoms with E-state index in [1.54, 1.807) is 11.1 Å². The van der Waals surface area contributed by atoms with Crippen LogP contribution in [0.2, 0.25) is 0 Å². The Morgan fingerprint density at radius 2 is 2.07 bits per heavy atom. The maximum Gasteiger partial charge on any atom is 0.0513 e. The largest absolute Gasteiger partial charge is 0.323 e. The molecule has 1 aliphatic rings. The van der Waals surface area contributed by atoms with Gasteiger partial charge in [-0.1, -0.05) is 6.07 Å². The van der Waals surface area contributed by atoms with E-state index in [0.29, 0.717) is 0 Å². The summed E-state index contributed by atoms with van der Waals surface area (Å²) in [4.78, 5) is 0. The number of aromatic nitrogens is 1. The highest BCUT2D eigenvalue weighted by Gasteiger charge is 2.15. The minimum Gasteiger partial charge on any atom is -0.323 e. The molecule has 0 aliphatic heterocycles. The molecule has 0 N–H and O–H groups in total. The van der Waals surface area contributed by atoms with Crippen molar-refractivity contribution in [3.05, 3.63) is 41.2 Å². The zero-order valence-electron chi connectivity index (χ0n) is 8.59. The molecule has 0 saturated heterocycles. The number of hydrogen-bond acceptors (Lipinski definition) is 0. The number of pyridine rings is 1. The van der Waals surface area contributed by atoms with Crippen molar-refractivity contribution in [2.75, 3.05) is 0 Å². The van der Waals surface area contributed by atoms with Gasteiger partial charge in [-0.2, -0.15) is 0 Å². The second kappa shape index (κ2) is 2.88. The highest BCUT2D eigenvalue weighted by atomic mass is 14.9. The van der Waals surface area contributed by atoms with Crippen LogP contribution in [0.4, 0.5) is 0 Å². The molecule has 1 aliphatic carbocycles. The minimum absolute atomic E-state index is 1.27. The third-order valence-electron chi connectivity index (χ3n) is 3.32. The van der Waals surface area contributed by atoms with E-state index in [9.17, 15) is 0 Å². The van der Waals surface area contributed by atoms with Crippen LogP contribution < -0.4 is 0 Å². The van der Waals surface area contributed by atoms with E-state index in [1.165, 1.54) is 36.8 Å². The van der Waals surface area contributed by atoms with Crippen LogP contribution in [-0.4, -0.2) is 4.40 Å². The average Bonchev–Trinajstić information content (AvgIpc) is 2.57. The van der Waals surface area contributed by atoms with Gasteiger partial charge in [0.25, 0.3) is 0 Å². The first-order valence-corrected chi connectivity index (χ1v) is 5.44. The van der Waals surface area contributed by atoms with Crippen LogP contribution in [0, 0.1) is 6.92 Å². The number of rotatable bonds is 0. The lowest BCUT2D eigenvalue weighted by molar-refractivity contribution is 0.693. The number of fused-ring (bicyclic) bond motifs is 3. The summed E-state index contributed by atoms with van der Waals surface area (Å²) in [7, 11) is 0. The van der Waals surface area contributed by atoms with Gasteiger partial charge in [0, 0.05) is 12.4 Å². The van der Waals surface area contributed by atoms with Crippen LogP contribution >= 0.6 is 0 Å². The first-order valence-electron chi connectivity index (χ1n) is 5.44. The van der Waals surface area contributed by atoms with E-state index >= 15 is 0 Å². The Hall–Kier alpha value is -1.24. The topological polar surface area (TPSA) is 4.41 Å². The fourth-order valence-corrected chi connectivity index (χ4v) is 2.65. The van der Waals surface area contributed by atoms with Gasteiger partial charge >= 0.3 is 0 Å². The van der Waals surface area contributed by atoms with Crippen molar-refractivity contribution < 1.29 is 0 Å². The summed E-state index contributed by atoms with van der Waals surface area (Å²) in [6, 6.07) is 4.35. The fraction of sp³-hybridized carbons (Fsp3) is 0.385. The summed E-state index contributed by atoms with van der Waals surface area (Å²) in [5.41, 5.74) is 6.05. The predicted molar refractivity (Wildman–Crippen MR) is 58.8 cm³/mol. The van der Waals surface area contributed by atoms with Gasteiger partial charge in [-0.15, -0.1) is 0 Å². The van der Waals surface area contributed by atoms with Gasteiger partial charge in [-0.3, -0.25) is 0 Å². The fourth-order valence-electron chi connectivity index (χ4n) is 2.65. The van der Waals surface area contributed by atoms with Crippen molar-refractivity contribution >= 4 is 5.52 Å². The lowest BCUT2D eigenvalue weighted by Crippen LogP contribution is -1.99. The van der Waals surface area contributed by atoms with Gasteiger partial charge in [0.1, 0.15) is 0 Å². The summed E-state index contributed by atoms with van der Waals surface area (Å²) in [5, 5.41) is 0. The molecule has 2 aromatic heterocycles. The molecule has 0 fully saturated rings. The minimum atomic E-state index is 1.27. The first kappa shape index (κ1) is 8.10. The molecule has 1 heteroatoms. The molecule has 0 spiro atoms. The van der Waals surface area contributed by atoms with E-state index in [0.717, 1.165) is 0 Å². The lowest BCUT2D eigenvalue weighted by Gasteiger charge is -2.11. The standard InChI is InChI=1S/C13H15N/c1-10-5-4-8-14-9-11-6-2-3-7-12(11)13(10)14/h4-5,8-9H,2-3,6-7H2,1H3. The smallest absolute Gasteiger partial charge is 0.0513 e. The molecule has 0 saturated carbocycles. The van der Waals surface area contributed by atoms with Gasteiger partial charge in [-0.05, 0) is 55.4 Å². The second-order valence-corrected chi connectivity index (χ2v) is 4.29. The second-order valence-electron chi connectivity index (χ2n) is 4.29. The first-order chi connectivity index (χ1) is 6.86. The Morgan fingerprint density at radius 3 is 3.00 bits per heavy atom. The van der Waals surface area contributed by atoms with Crippen molar-refractivity contribution in [1.29, 1.82) is 0 Å². The highest BCUT2D eigenvalue weighted by molar-refractivity contribution is 5.64. The van der Waals surface area contributed by atoms with Crippen LogP contribution in [0.3, 0.4) is 0 Å². The highest BCUT2D eigenvalue weighted by Crippen LogP contribution is 2.28. The van der Waals surface area contributed by atoms with Gasteiger partial charge in [0.15, 0.2) is 0 Å². The maximum atomic E-state index is 2.32. The van der Waals surface area contributed by atoms with E-state index in [1.807, 2.05) is 0 Å². The van der Waals surface area contributed by atoms with Crippen LogP contribution in [0.25, 0.3) is 5.52 Å². The summed E-state index contributed by atoms with van der Waals surface area (Å²) >= 11 is 0. The Kier molecular flexibility index (Phi) is 1.66. The maximum absolute atomic E-state index is 2.32. The zero-order valence-corrected chi connectivity index (χ0v) is 8.59. The molecule has 0 aromatic carbocycles. The number of hydrogen-bond donors (Lipinski definition) is 0.